The molecule has 3 aromatic heterocycles. The van der Waals surface area contributed by atoms with E-state index in [4.69, 9.17) is 8.83 Å². The van der Waals surface area contributed by atoms with Crippen LogP contribution in [0, 0.1) is 0 Å². The molecule has 0 saturated heterocycles. The average molecular weight is 324 g/mol. The number of rotatable bonds is 3. The molecule has 8 heteroatoms. The van der Waals surface area contributed by atoms with Crippen LogP contribution < -0.4 is 11.3 Å². The maximum atomic E-state index is 12.4. The molecule has 0 fully saturated rings. The zero-order valence-corrected chi connectivity index (χ0v) is 12.7. The smallest absolute Gasteiger partial charge is 0.437 e. The lowest BCUT2D eigenvalue weighted by atomic mass is 10.3. The van der Waals surface area contributed by atoms with Crippen molar-refractivity contribution < 1.29 is 8.83 Å². The van der Waals surface area contributed by atoms with E-state index in [1.54, 1.807) is 25.2 Å². The van der Waals surface area contributed by atoms with Gasteiger partial charge in [0.15, 0.2) is 5.76 Å². The molecule has 0 radical (unpaired) electrons. The summed E-state index contributed by atoms with van der Waals surface area (Å²) in [6, 6.07) is 10.6. The number of benzene rings is 1. The van der Waals surface area contributed by atoms with Crippen molar-refractivity contribution in [3.63, 3.8) is 0 Å². The third-order valence-corrected chi connectivity index (χ3v) is 3.69. The minimum atomic E-state index is -0.682. The van der Waals surface area contributed by atoms with Crippen molar-refractivity contribution in [3.05, 3.63) is 69.3 Å². The number of aromatic nitrogens is 4. The number of hydrogen-bond acceptors (Lipinski definition) is 6. The summed E-state index contributed by atoms with van der Waals surface area (Å²) in [6.45, 7) is -0.0828. The van der Waals surface area contributed by atoms with Gasteiger partial charge in [0.1, 0.15) is 5.69 Å². The molecule has 0 aliphatic heterocycles. The van der Waals surface area contributed by atoms with E-state index in [-0.39, 0.29) is 23.7 Å². The number of furan rings is 1. The summed E-state index contributed by atoms with van der Waals surface area (Å²) in [4.78, 5) is 28.7. The summed E-state index contributed by atoms with van der Waals surface area (Å²) in [6.07, 6.45) is 1.45. The van der Waals surface area contributed by atoms with E-state index >= 15 is 0 Å². The Hall–Kier alpha value is -3.42. The van der Waals surface area contributed by atoms with E-state index < -0.39 is 5.76 Å². The third kappa shape index (κ3) is 2.24. The van der Waals surface area contributed by atoms with Crippen molar-refractivity contribution in [2.75, 3.05) is 0 Å². The second kappa shape index (κ2) is 5.34. The van der Waals surface area contributed by atoms with Crippen molar-refractivity contribution >= 4 is 11.0 Å². The van der Waals surface area contributed by atoms with Crippen molar-refractivity contribution in [1.82, 2.24) is 19.3 Å². The van der Waals surface area contributed by atoms with Gasteiger partial charge in [0, 0.05) is 7.05 Å². The van der Waals surface area contributed by atoms with E-state index in [0.717, 1.165) is 10.2 Å². The summed E-state index contributed by atoms with van der Waals surface area (Å²) >= 11 is 0. The lowest BCUT2D eigenvalue weighted by Gasteiger charge is -2.06. The van der Waals surface area contributed by atoms with Gasteiger partial charge in [-0.3, -0.25) is 4.79 Å². The second-order valence-corrected chi connectivity index (χ2v) is 5.22. The third-order valence-electron chi connectivity index (χ3n) is 3.69. The van der Waals surface area contributed by atoms with Gasteiger partial charge < -0.3 is 13.4 Å². The molecule has 0 bridgehead atoms. The monoisotopic (exact) mass is 324 g/mol. The summed E-state index contributed by atoms with van der Waals surface area (Å²) in [5.41, 5.74) is 1.30. The first-order chi connectivity index (χ1) is 11.6. The van der Waals surface area contributed by atoms with E-state index in [1.807, 2.05) is 18.2 Å². The zero-order chi connectivity index (χ0) is 16.7. The molecule has 24 heavy (non-hydrogen) atoms. The van der Waals surface area contributed by atoms with Gasteiger partial charge in [-0.15, -0.1) is 5.10 Å². The fourth-order valence-corrected chi connectivity index (χ4v) is 2.49. The van der Waals surface area contributed by atoms with Crippen molar-refractivity contribution in [2.24, 2.45) is 7.05 Å². The SMILES string of the molecule is Cn1c(=O)c(Cn2nc(-c3ccco3)oc2=O)nc2ccccc21. The fourth-order valence-electron chi connectivity index (χ4n) is 2.49. The number of para-hydroxylation sites is 2. The van der Waals surface area contributed by atoms with Crippen LogP contribution in [0.15, 0.2) is 61.1 Å². The average Bonchev–Trinajstić information content (AvgIpc) is 3.23. The van der Waals surface area contributed by atoms with Gasteiger partial charge in [0.05, 0.1) is 23.8 Å². The van der Waals surface area contributed by atoms with Gasteiger partial charge in [0.2, 0.25) is 0 Å². The van der Waals surface area contributed by atoms with Crippen LogP contribution in [0.4, 0.5) is 0 Å². The first-order valence-corrected chi connectivity index (χ1v) is 7.20. The molecule has 3 heterocycles. The Bertz CT molecular complexity index is 1140. The van der Waals surface area contributed by atoms with Crippen LogP contribution >= 0.6 is 0 Å². The molecule has 0 atom stereocenters. The Morgan fingerprint density at radius 3 is 2.75 bits per heavy atom. The van der Waals surface area contributed by atoms with Crippen LogP contribution in [-0.2, 0) is 13.6 Å². The summed E-state index contributed by atoms with van der Waals surface area (Å²) in [5, 5.41) is 4.05. The zero-order valence-electron chi connectivity index (χ0n) is 12.7. The molecule has 0 amide bonds. The molecule has 4 rings (SSSR count). The van der Waals surface area contributed by atoms with Crippen LogP contribution in [-0.4, -0.2) is 19.3 Å². The van der Waals surface area contributed by atoms with Crippen molar-refractivity contribution in [2.45, 2.75) is 6.54 Å². The minimum Gasteiger partial charge on any atom is -0.459 e. The van der Waals surface area contributed by atoms with Gasteiger partial charge in [-0.2, -0.15) is 4.68 Å². The normalized spacial score (nSPS) is 11.2. The first kappa shape index (κ1) is 14.2. The molecular weight excluding hydrogens is 312 g/mol. The molecule has 8 nitrogen and oxygen atoms in total. The minimum absolute atomic E-state index is 0.0580. The lowest BCUT2D eigenvalue weighted by Crippen LogP contribution is -2.28. The predicted molar refractivity (Wildman–Crippen MR) is 84.6 cm³/mol. The highest BCUT2D eigenvalue weighted by atomic mass is 16.4. The summed E-state index contributed by atoms with van der Waals surface area (Å²) in [5.74, 6) is -0.286. The highest BCUT2D eigenvalue weighted by Crippen LogP contribution is 2.15. The maximum Gasteiger partial charge on any atom is 0.437 e. The van der Waals surface area contributed by atoms with Gasteiger partial charge >= 0.3 is 5.76 Å². The van der Waals surface area contributed by atoms with Gasteiger partial charge in [-0.05, 0) is 24.3 Å². The maximum absolute atomic E-state index is 12.4. The summed E-state index contributed by atoms with van der Waals surface area (Å²) < 4.78 is 12.8. The predicted octanol–water partition coefficient (Wildman–Crippen LogP) is 1.39. The Kier molecular flexibility index (Phi) is 3.16. The lowest BCUT2D eigenvalue weighted by molar-refractivity contribution is 0.475. The quantitative estimate of drug-likeness (QED) is 0.565. The Labute approximate surface area is 134 Å². The topological polar surface area (TPSA) is 96.1 Å². The molecule has 0 aliphatic carbocycles. The standard InChI is InChI=1S/C16H12N4O4/c1-19-12-6-3-2-5-10(12)17-11(15(19)21)9-20-16(22)24-14(18-20)13-7-4-8-23-13/h2-8H,9H2,1H3. The molecule has 1 aromatic carbocycles. The molecule has 4 aromatic rings. The molecule has 0 N–H and O–H groups in total. The van der Waals surface area contributed by atoms with Gasteiger partial charge in [0.25, 0.3) is 11.4 Å². The Morgan fingerprint density at radius 1 is 1.12 bits per heavy atom. The van der Waals surface area contributed by atoms with Crippen LogP contribution in [0.2, 0.25) is 0 Å². The second-order valence-electron chi connectivity index (χ2n) is 5.22. The summed E-state index contributed by atoms with van der Waals surface area (Å²) in [7, 11) is 1.66. The molecule has 0 unspecified atom stereocenters. The van der Waals surface area contributed by atoms with Crippen LogP contribution in [0.5, 0.6) is 0 Å². The van der Waals surface area contributed by atoms with Crippen molar-refractivity contribution in [1.29, 1.82) is 0 Å². The molecule has 0 saturated carbocycles. The van der Waals surface area contributed by atoms with E-state index in [0.29, 0.717) is 11.3 Å². The number of aryl methyl sites for hydroxylation is 1. The fraction of sp³-hybridized carbons (Fsp3) is 0.125. The number of fused-ring (bicyclic) bond motifs is 1. The van der Waals surface area contributed by atoms with E-state index in [9.17, 15) is 9.59 Å². The molecule has 120 valence electrons. The number of hydrogen-bond donors (Lipinski definition) is 0. The van der Waals surface area contributed by atoms with Crippen LogP contribution in [0.25, 0.3) is 22.7 Å². The van der Waals surface area contributed by atoms with Gasteiger partial charge in [-0.1, -0.05) is 12.1 Å². The van der Waals surface area contributed by atoms with Crippen LogP contribution in [0.1, 0.15) is 5.69 Å². The Balaban J connectivity index is 1.79. The van der Waals surface area contributed by atoms with Gasteiger partial charge in [-0.25, -0.2) is 9.78 Å². The molecule has 0 spiro atoms. The largest absolute Gasteiger partial charge is 0.459 e. The Morgan fingerprint density at radius 2 is 1.96 bits per heavy atom. The van der Waals surface area contributed by atoms with E-state index in [2.05, 4.69) is 10.1 Å². The molecule has 0 aliphatic rings. The highest BCUT2D eigenvalue weighted by Gasteiger charge is 2.15. The van der Waals surface area contributed by atoms with E-state index in [1.165, 1.54) is 10.8 Å². The number of nitrogens with zero attached hydrogens (tertiary/aromatic N) is 4. The first-order valence-electron chi connectivity index (χ1n) is 7.20. The van der Waals surface area contributed by atoms with Crippen molar-refractivity contribution in [3.8, 4) is 11.7 Å². The van der Waals surface area contributed by atoms with Crippen LogP contribution in [0.3, 0.4) is 0 Å². The highest BCUT2D eigenvalue weighted by molar-refractivity contribution is 5.74. The molecular formula is C16H12N4O4.